The molecule has 4 nitrogen and oxygen atoms in total. The van der Waals surface area contributed by atoms with E-state index in [9.17, 15) is 18.0 Å². The highest BCUT2D eigenvalue weighted by atomic mass is 19.4. The highest BCUT2D eigenvalue weighted by molar-refractivity contribution is 5.81. The molecule has 1 aliphatic heterocycles. The molecule has 1 rings (SSSR count). The predicted molar refractivity (Wildman–Crippen MR) is 76.0 cm³/mol. The van der Waals surface area contributed by atoms with Gasteiger partial charge in [-0.25, -0.2) is 0 Å². The predicted octanol–water partition coefficient (Wildman–Crippen LogP) is 1.76. The van der Waals surface area contributed by atoms with Crippen LogP contribution in [-0.2, 0) is 4.79 Å². The van der Waals surface area contributed by atoms with Gasteiger partial charge in [0, 0.05) is 12.6 Å². The Labute approximate surface area is 124 Å². The van der Waals surface area contributed by atoms with Crippen molar-refractivity contribution < 1.29 is 18.0 Å². The molecule has 0 aromatic heterocycles. The maximum atomic E-state index is 12.2. The molecular formula is C14H26F3N3O. The Bertz CT molecular complexity index is 328. The topological polar surface area (TPSA) is 44.4 Å². The number of carbonyl (C=O) groups is 1. The first kappa shape index (κ1) is 18.2. The fourth-order valence-electron chi connectivity index (χ4n) is 2.66. The summed E-state index contributed by atoms with van der Waals surface area (Å²) >= 11 is 0. The third-order valence-electron chi connectivity index (χ3n) is 3.93. The summed E-state index contributed by atoms with van der Waals surface area (Å²) < 4.78 is 36.5. The lowest BCUT2D eigenvalue weighted by Gasteiger charge is -2.36. The second kappa shape index (κ2) is 7.98. The van der Waals surface area contributed by atoms with E-state index in [4.69, 9.17) is 0 Å². The molecule has 7 heteroatoms. The molecule has 21 heavy (non-hydrogen) atoms. The molecule has 0 saturated carbocycles. The molecule has 1 unspecified atom stereocenters. The van der Waals surface area contributed by atoms with Crippen molar-refractivity contribution in [2.24, 2.45) is 5.92 Å². The Morgan fingerprint density at radius 1 is 1.29 bits per heavy atom. The monoisotopic (exact) mass is 309 g/mol. The SMILES string of the molecule is CC(C)N(CC1CCNCC1)C(C)C(=O)NCC(F)(F)F. The summed E-state index contributed by atoms with van der Waals surface area (Å²) in [6, 6.07) is -0.436. The number of nitrogens with zero attached hydrogens (tertiary/aromatic N) is 1. The zero-order chi connectivity index (χ0) is 16.0. The van der Waals surface area contributed by atoms with E-state index >= 15 is 0 Å². The van der Waals surface area contributed by atoms with Crippen LogP contribution in [-0.4, -0.2) is 55.2 Å². The van der Waals surface area contributed by atoms with E-state index in [-0.39, 0.29) is 6.04 Å². The third kappa shape index (κ3) is 6.65. The van der Waals surface area contributed by atoms with Crippen LogP contribution in [0.1, 0.15) is 33.6 Å². The summed E-state index contributed by atoms with van der Waals surface area (Å²) in [4.78, 5) is 13.9. The zero-order valence-electron chi connectivity index (χ0n) is 13.0. The van der Waals surface area contributed by atoms with Crippen LogP contribution in [0.5, 0.6) is 0 Å². The first-order valence-corrected chi connectivity index (χ1v) is 7.51. The normalized spacial score (nSPS) is 19.0. The molecule has 1 amide bonds. The summed E-state index contributed by atoms with van der Waals surface area (Å²) in [6.45, 7) is 7.02. The van der Waals surface area contributed by atoms with E-state index < -0.39 is 24.7 Å². The number of rotatable bonds is 6. The zero-order valence-corrected chi connectivity index (χ0v) is 13.0. The minimum Gasteiger partial charge on any atom is -0.346 e. The van der Waals surface area contributed by atoms with Crippen LogP contribution >= 0.6 is 0 Å². The first-order chi connectivity index (χ1) is 9.70. The lowest BCUT2D eigenvalue weighted by Crippen LogP contribution is -2.51. The third-order valence-corrected chi connectivity index (χ3v) is 3.93. The highest BCUT2D eigenvalue weighted by Crippen LogP contribution is 2.18. The van der Waals surface area contributed by atoms with Gasteiger partial charge in [0.1, 0.15) is 6.54 Å². The van der Waals surface area contributed by atoms with Crippen molar-refractivity contribution >= 4 is 5.91 Å². The smallest absolute Gasteiger partial charge is 0.346 e. The standard InChI is InChI=1S/C14H26F3N3O/c1-10(2)20(8-12-4-6-18-7-5-12)11(3)13(21)19-9-14(15,16)17/h10-12,18H,4-9H2,1-3H3,(H,19,21). The van der Waals surface area contributed by atoms with Crippen molar-refractivity contribution in [2.75, 3.05) is 26.2 Å². The molecule has 1 fully saturated rings. The van der Waals surface area contributed by atoms with E-state index in [1.807, 2.05) is 24.1 Å². The van der Waals surface area contributed by atoms with Crippen molar-refractivity contribution in [3.63, 3.8) is 0 Å². The molecule has 0 bridgehead atoms. The number of halogens is 3. The van der Waals surface area contributed by atoms with Gasteiger partial charge in [0.25, 0.3) is 0 Å². The molecule has 124 valence electrons. The van der Waals surface area contributed by atoms with E-state index in [0.717, 1.165) is 32.5 Å². The second-order valence-electron chi connectivity index (χ2n) is 5.99. The highest BCUT2D eigenvalue weighted by Gasteiger charge is 2.31. The van der Waals surface area contributed by atoms with Crippen LogP contribution in [0.15, 0.2) is 0 Å². The first-order valence-electron chi connectivity index (χ1n) is 7.51. The van der Waals surface area contributed by atoms with Crippen molar-refractivity contribution in [3.8, 4) is 0 Å². The Morgan fingerprint density at radius 2 is 1.86 bits per heavy atom. The van der Waals surface area contributed by atoms with Gasteiger partial charge in [-0.1, -0.05) is 0 Å². The van der Waals surface area contributed by atoms with Gasteiger partial charge >= 0.3 is 6.18 Å². The fourth-order valence-corrected chi connectivity index (χ4v) is 2.66. The molecule has 0 spiro atoms. The summed E-state index contributed by atoms with van der Waals surface area (Å²) in [7, 11) is 0. The van der Waals surface area contributed by atoms with E-state index in [2.05, 4.69) is 5.32 Å². The van der Waals surface area contributed by atoms with Crippen LogP contribution < -0.4 is 10.6 Å². The largest absolute Gasteiger partial charge is 0.405 e. The van der Waals surface area contributed by atoms with Gasteiger partial charge in [-0.05, 0) is 52.6 Å². The average molecular weight is 309 g/mol. The van der Waals surface area contributed by atoms with Gasteiger partial charge in [0.2, 0.25) is 5.91 Å². The van der Waals surface area contributed by atoms with Gasteiger partial charge in [0.15, 0.2) is 0 Å². The van der Waals surface area contributed by atoms with E-state index in [1.165, 1.54) is 0 Å². The number of carbonyl (C=O) groups excluding carboxylic acids is 1. The summed E-state index contributed by atoms with van der Waals surface area (Å²) in [5.74, 6) is -0.0681. The van der Waals surface area contributed by atoms with Crippen molar-refractivity contribution in [1.82, 2.24) is 15.5 Å². The summed E-state index contributed by atoms with van der Waals surface area (Å²) in [6.07, 6.45) is -2.28. The van der Waals surface area contributed by atoms with Crippen LogP contribution in [0.25, 0.3) is 0 Å². The average Bonchev–Trinajstić information content (AvgIpc) is 2.41. The minimum atomic E-state index is -4.37. The molecule has 0 radical (unpaired) electrons. The number of nitrogens with one attached hydrogen (secondary N) is 2. The van der Waals surface area contributed by atoms with Crippen molar-refractivity contribution in [1.29, 1.82) is 0 Å². The number of hydrogen-bond donors (Lipinski definition) is 2. The van der Waals surface area contributed by atoms with Gasteiger partial charge in [0.05, 0.1) is 6.04 Å². The molecule has 0 aromatic rings. The molecule has 0 aliphatic carbocycles. The molecule has 0 aromatic carbocycles. The van der Waals surface area contributed by atoms with Gasteiger partial charge < -0.3 is 10.6 Å². The lowest BCUT2D eigenvalue weighted by atomic mass is 9.96. The molecular weight excluding hydrogens is 283 g/mol. The van der Waals surface area contributed by atoms with E-state index in [1.54, 1.807) is 6.92 Å². The van der Waals surface area contributed by atoms with Crippen LogP contribution in [0.4, 0.5) is 13.2 Å². The lowest BCUT2D eigenvalue weighted by molar-refractivity contribution is -0.141. The Morgan fingerprint density at radius 3 is 2.33 bits per heavy atom. The molecule has 2 N–H and O–H groups in total. The summed E-state index contributed by atoms with van der Waals surface area (Å²) in [5.41, 5.74) is 0. The minimum absolute atomic E-state index is 0.117. The van der Waals surface area contributed by atoms with Crippen LogP contribution in [0.3, 0.4) is 0 Å². The van der Waals surface area contributed by atoms with Gasteiger partial charge in [-0.2, -0.15) is 13.2 Å². The molecule has 1 heterocycles. The Hall–Kier alpha value is -0.820. The maximum absolute atomic E-state index is 12.2. The Kier molecular flexibility index (Phi) is 6.93. The van der Waals surface area contributed by atoms with Crippen LogP contribution in [0, 0.1) is 5.92 Å². The molecule has 1 aliphatic rings. The van der Waals surface area contributed by atoms with Gasteiger partial charge in [-0.3, -0.25) is 9.69 Å². The van der Waals surface area contributed by atoms with Crippen molar-refractivity contribution in [3.05, 3.63) is 0 Å². The molecule has 1 saturated heterocycles. The Balaban J connectivity index is 2.55. The van der Waals surface area contributed by atoms with Crippen LogP contribution in [0.2, 0.25) is 0 Å². The molecule has 1 atom stereocenters. The quantitative estimate of drug-likeness (QED) is 0.786. The second-order valence-corrected chi connectivity index (χ2v) is 5.99. The van der Waals surface area contributed by atoms with Gasteiger partial charge in [-0.15, -0.1) is 0 Å². The van der Waals surface area contributed by atoms with E-state index in [0.29, 0.717) is 5.92 Å². The number of amides is 1. The maximum Gasteiger partial charge on any atom is 0.405 e. The number of alkyl halides is 3. The number of piperidine rings is 1. The van der Waals surface area contributed by atoms with Crippen molar-refractivity contribution in [2.45, 2.75) is 51.9 Å². The fraction of sp³-hybridized carbons (Fsp3) is 0.929. The number of hydrogen-bond acceptors (Lipinski definition) is 3. The summed E-state index contributed by atoms with van der Waals surface area (Å²) in [5, 5.41) is 5.26.